The lowest BCUT2D eigenvalue weighted by atomic mass is 10.0. The van der Waals surface area contributed by atoms with Crippen LogP contribution in [0.4, 0.5) is 26.3 Å². The SMILES string of the molecule is Cc1ccc(C(F)(F)F)c(Cl)c1C(F)(F)F. The monoisotopic (exact) mass is 262 g/mol. The Morgan fingerprint density at radius 3 is 1.81 bits per heavy atom. The maximum Gasteiger partial charge on any atom is 0.418 e. The second kappa shape index (κ2) is 3.84. The van der Waals surface area contributed by atoms with E-state index < -0.39 is 28.5 Å². The van der Waals surface area contributed by atoms with E-state index >= 15 is 0 Å². The van der Waals surface area contributed by atoms with Crippen molar-refractivity contribution in [1.82, 2.24) is 0 Å². The number of aryl methyl sites for hydroxylation is 1. The molecule has 0 atom stereocenters. The van der Waals surface area contributed by atoms with Crippen LogP contribution in [0.15, 0.2) is 12.1 Å². The van der Waals surface area contributed by atoms with Gasteiger partial charge in [0.05, 0.1) is 16.1 Å². The van der Waals surface area contributed by atoms with E-state index in [1.54, 1.807) is 0 Å². The summed E-state index contributed by atoms with van der Waals surface area (Å²) in [6.07, 6.45) is -9.80. The lowest BCUT2D eigenvalue weighted by molar-refractivity contribution is -0.143. The van der Waals surface area contributed by atoms with Gasteiger partial charge in [-0.1, -0.05) is 17.7 Å². The van der Waals surface area contributed by atoms with Gasteiger partial charge in [0.2, 0.25) is 0 Å². The molecule has 0 aliphatic carbocycles. The third kappa shape index (κ3) is 2.42. The zero-order valence-electron chi connectivity index (χ0n) is 7.80. The highest BCUT2D eigenvalue weighted by Gasteiger charge is 2.41. The Kier molecular flexibility index (Phi) is 3.15. The summed E-state index contributed by atoms with van der Waals surface area (Å²) in [5.74, 6) is 0. The van der Waals surface area contributed by atoms with Crippen LogP contribution in [0.2, 0.25) is 5.02 Å². The first-order valence-corrected chi connectivity index (χ1v) is 4.36. The second-order valence-corrected chi connectivity index (χ2v) is 3.49. The van der Waals surface area contributed by atoms with Crippen molar-refractivity contribution >= 4 is 11.6 Å². The lowest BCUT2D eigenvalue weighted by Gasteiger charge is -2.16. The summed E-state index contributed by atoms with van der Waals surface area (Å²) in [4.78, 5) is 0. The summed E-state index contributed by atoms with van der Waals surface area (Å²) < 4.78 is 74.2. The van der Waals surface area contributed by atoms with E-state index in [-0.39, 0.29) is 5.56 Å². The minimum Gasteiger partial charge on any atom is -0.166 e. The van der Waals surface area contributed by atoms with E-state index in [1.807, 2.05) is 0 Å². The van der Waals surface area contributed by atoms with Crippen molar-refractivity contribution in [3.05, 3.63) is 33.8 Å². The van der Waals surface area contributed by atoms with Crippen LogP contribution in [-0.4, -0.2) is 0 Å². The molecule has 0 aliphatic rings. The minimum atomic E-state index is -4.90. The van der Waals surface area contributed by atoms with E-state index in [0.29, 0.717) is 6.07 Å². The summed E-state index contributed by atoms with van der Waals surface area (Å²) in [6, 6.07) is 1.28. The van der Waals surface area contributed by atoms with Crippen LogP contribution < -0.4 is 0 Å². The molecule has 0 N–H and O–H groups in total. The predicted octanol–water partition coefficient (Wildman–Crippen LogP) is 4.69. The van der Waals surface area contributed by atoms with Crippen molar-refractivity contribution in [2.75, 3.05) is 0 Å². The Bertz CT molecular complexity index is 404. The number of rotatable bonds is 0. The Hall–Kier alpha value is -0.910. The van der Waals surface area contributed by atoms with Gasteiger partial charge >= 0.3 is 12.4 Å². The average Bonchev–Trinajstić information content (AvgIpc) is 1.97. The Balaban J connectivity index is 3.52. The van der Waals surface area contributed by atoms with Gasteiger partial charge in [-0.2, -0.15) is 26.3 Å². The van der Waals surface area contributed by atoms with Crippen LogP contribution in [0.1, 0.15) is 16.7 Å². The fourth-order valence-electron chi connectivity index (χ4n) is 1.24. The first-order chi connectivity index (χ1) is 7.05. The first kappa shape index (κ1) is 13.2. The van der Waals surface area contributed by atoms with Gasteiger partial charge in [0, 0.05) is 0 Å². The number of hydrogen-bond donors (Lipinski definition) is 0. The van der Waals surface area contributed by atoms with Crippen LogP contribution >= 0.6 is 11.6 Å². The molecule has 0 heterocycles. The number of alkyl halides is 6. The molecule has 0 fully saturated rings. The molecule has 0 unspecified atom stereocenters. The van der Waals surface area contributed by atoms with Gasteiger partial charge in [-0.25, -0.2) is 0 Å². The van der Waals surface area contributed by atoms with Crippen molar-refractivity contribution in [2.45, 2.75) is 19.3 Å². The third-order valence-electron chi connectivity index (χ3n) is 1.94. The Morgan fingerprint density at radius 2 is 1.44 bits per heavy atom. The Morgan fingerprint density at radius 1 is 0.938 bits per heavy atom. The zero-order chi connectivity index (χ0) is 12.7. The van der Waals surface area contributed by atoms with E-state index in [1.165, 1.54) is 0 Å². The van der Waals surface area contributed by atoms with Gasteiger partial charge in [0.15, 0.2) is 0 Å². The van der Waals surface area contributed by atoms with Gasteiger partial charge < -0.3 is 0 Å². The number of halogens is 7. The summed E-state index contributed by atoms with van der Waals surface area (Å²) >= 11 is 5.14. The van der Waals surface area contributed by atoms with E-state index in [4.69, 9.17) is 11.6 Å². The molecule has 1 aromatic carbocycles. The summed E-state index contributed by atoms with van der Waals surface area (Å²) in [5.41, 5.74) is -3.26. The molecule has 7 heteroatoms. The second-order valence-electron chi connectivity index (χ2n) is 3.11. The number of benzene rings is 1. The topological polar surface area (TPSA) is 0 Å². The molecule has 90 valence electrons. The molecule has 1 aromatic rings. The molecule has 0 saturated heterocycles. The molecule has 0 amide bonds. The molecule has 0 saturated carbocycles. The molecule has 0 spiro atoms. The van der Waals surface area contributed by atoms with Gasteiger partial charge in [-0.05, 0) is 18.6 Å². The molecule has 0 nitrogen and oxygen atoms in total. The number of hydrogen-bond acceptors (Lipinski definition) is 0. The van der Waals surface area contributed by atoms with E-state index in [2.05, 4.69) is 0 Å². The molecule has 0 radical (unpaired) electrons. The molecule has 16 heavy (non-hydrogen) atoms. The van der Waals surface area contributed by atoms with Crippen LogP contribution in [0.3, 0.4) is 0 Å². The maximum atomic E-state index is 12.4. The molecular weight excluding hydrogens is 258 g/mol. The molecule has 1 rings (SSSR count). The van der Waals surface area contributed by atoms with E-state index in [0.717, 1.165) is 13.0 Å². The van der Waals surface area contributed by atoms with Crippen molar-refractivity contribution in [3.63, 3.8) is 0 Å². The smallest absolute Gasteiger partial charge is 0.166 e. The third-order valence-corrected chi connectivity index (χ3v) is 2.33. The van der Waals surface area contributed by atoms with Crippen LogP contribution in [0, 0.1) is 6.92 Å². The molecule has 0 bridgehead atoms. The highest BCUT2D eigenvalue weighted by molar-refractivity contribution is 6.32. The first-order valence-electron chi connectivity index (χ1n) is 3.98. The Labute approximate surface area is 91.8 Å². The molecular formula is C9H5ClF6. The van der Waals surface area contributed by atoms with Gasteiger partial charge in [-0.15, -0.1) is 0 Å². The quantitative estimate of drug-likeness (QED) is 0.595. The zero-order valence-corrected chi connectivity index (χ0v) is 8.56. The fourth-order valence-corrected chi connectivity index (χ4v) is 1.67. The highest BCUT2D eigenvalue weighted by Crippen LogP contribution is 2.43. The highest BCUT2D eigenvalue weighted by atomic mass is 35.5. The summed E-state index contributed by atoms with van der Waals surface area (Å²) in [6.45, 7) is 1.05. The van der Waals surface area contributed by atoms with Crippen LogP contribution in [-0.2, 0) is 12.4 Å². The average molecular weight is 263 g/mol. The van der Waals surface area contributed by atoms with Gasteiger partial charge in [0.25, 0.3) is 0 Å². The maximum absolute atomic E-state index is 12.4. The van der Waals surface area contributed by atoms with Crippen molar-refractivity contribution < 1.29 is 26.3 Å². The predicted molar refractivity (Wildman–Crippen MR) is 46.2 cm³/mol. The lowest BCUT2D eigenvalue weighted by Crippen LogP contribution is -2.14. The fraction of sp³-hybridized carbons (Fsp3) is 0.333. The summed E-state index contributed by atoms with van der Waals surface area (Å²) in [5, 5.41) is -1.31. The molecule has 0 aromatic heterocycles. The van der Waals surface area contributed by atoms with E-state index in [9.17, 15) is 26.3 Å². The summed E-state index contributed by atoms with van der Waals surface area (Å²) in [7, 11) is 0. The normalized spacial score (nSPS) is 13.0. The van der Waals surface area contributed by atoms with Crippen molar-refractivity contribution in [2.24, 2.45) is 0 Å². The van der Waals surface area contributed by atoms with Crippen molar-refractivity contribution in [1.29, 1.82) is 0 Å². The van der Waals surface area contributed by atoms with Gasteiger partial charge in [0.1, 0.15) is 0 Å². The standard InChI is InChI=1S/C9H5ClF6/c1-4-2-3-5(8(11,12)13)7(10)6(4)9(14,15)16/h2-3H,1H3. The van der Waals surface area contributed by atoms with Crippen LogP contribution in [0.5, 0.6) is 0 Å². The minimum absolute atomic E-state index is 0.342. The largest absolute Gasteiger partial charge is 0.418 e. The van der Waals surface area contributed by atoms with Crippen molar-refractivity contribution in [3.8, 4) is 0 Å². The molecule has 0 aliphatic heterocycles. The van der Waals surface area contributed by atoms with Gasteiger partial charge in [-0.3, -0.25) is 0 Å². The van der Waals surface area contributed by atoms with Crippen LogP contribution in [0.25, 0.3) is 0 Å².